The van der Waals surface area contributed by atoms with E-state index in [0.717, 1.165) is 5.92 Å². The van der Waals surface area contributed by atoms with Gasteiger partial charge in [0.2, 0.25) is 0 Å². The lowest BCUT2D eigenvalue weighted by atomic mass is 9.78. The van der Waals surface area contributed by atoms with Crippen LogP contribution in [0.25, 0.3) is 0 Å². The van der Waals surface area contributed by atoms with Gasteiger partial charge in [0.05, 0.1) is 0 Å². The molecule has 2 unspecified atom stereocenters. The van der Waals surface area contributed by atoms with E-state index in [0.29, 0.717) is 12.5 Å². The van der Waals surface area contributed by atoms with Gasteiger partial charge in [-0.3, -0.25) is 0 Å². The molecule has 0 aromatic heterocycles. The summed E-state index contributed by atoms with van der Waals surface area (Å²) in [6.45, 7) is 4.69. The molecule has 1 fully saturated rings. The zero-order valence-corrected chi connectivity index (χ0v) is 8.92. The van der Waals surface area contributed by atoms with Gasteiger partial charge in [-0.1, -0.05) is 24.5 Å². The van der Waals surface area contributed by atoms with Crippen molar-refractivity contribution in [3.05, 3.63) is 11.6 Å². The van der Waals surface area contributed by atoms with Crippen molar-refractivity contribution in [2.45, 2.75) is 46.0 Å². The summed E-state index contributed by atoms with van der Waals surface area (Å²) >= 11 is 0. The first kappa shape index (κ1) is 10.8. The smallest absolute Gasteiger partial charge is 0.0462 e. The average Bonchev–Trinajstić information content (AvgIpc) is 2.15. The monoisotopic (exact) mass is 182 g/mol. The molecule has 0 heterocycles. The second-order valence-electron chi connectivity index (χ2n) is 4.50. The van der Waals surface area contributed by atoms with Gasteiger partial charge >= 0.3 is 0 Å². The predicted molar refractivity (Wildman–Crippen MR) is 56.6 cm³/mol. The van der Waals surface area contributed by atoms with Crippen LogP contribution in [0, 0.1) is 11.8 Å². The average molecular weight is 182 g/mol. The summed E-state index contributed by atoms with van der Waals surface area (Å²) < 4.78 is 0. The van der Waals surface area contributed by atoms with Crippen LogP contribution in [0.1, 0.15) is 46.0 Å². The molecule has 0 spiro atoms. The first-order chi connectivity index (χ1) is 6.24. The fourth-order valence-corrected chi connectivity index (χ4v) is 2.22. The Kier molecular flexibility index (Phi) is 4.51. The molecule has 1 heteroatoms. The van der Waals surface area contributed by atoms with Crippen molar-refractivity contribution in [1.29, 1.82) is 0 Å². The van der Waals surface area contributed by atoms with Gasteiger partial charge in [-0.05, 0) is 44.9 Å². The van der Waals surface area contributed by atoms with Gasteiger partial charge in [0.15, 0.2) is 0 Å². The number of allylic oxidation sites excluding steroid dienone is 2. The highest BCUT2D eigenvalue weighted by Crippen LogP contribution is 2.32. The van der Waals surface area contributed by atoms with Crippen molar-refractivity contribution in [2.75, 3.05) is 6.61 Å². The normalized spacial score (nSPS) is 28.5. The van der Waals surface area contributed by atoms with Crippen LogP contribution in [0.15, 0.2) is 11.6 Å². The molecule has 0 saturated heterocycles. The third-order valence-corrected chi connectivity index (χ3v) is 3.13. The van der Waals surface area contributed by atoms with Crippen LogP contribution in [0.4, 0.5) is 0 Å². The molecule has 0 bridgehead atoms. The summed E-state index contributed by atoms with van der Waals surface area (Å²) in [6.07, 6.45) is 8.72. The van der Waals surface area contributed by atoms with E-state index in [4.69, 9.17) is 0 Å². The minimum atomic E-state index is 0.390. The van der Waals surface area contributed by atoms with Crippen LogP contribution in [0.3, 0.4) is 0 Å². The van der Waals surface area contributed by atoms with Crippen LogP contribution >= 0.6 is 0 Å². The van der Waals surface area contributed by atoms with Gasteiger partial charge in [0, 0.05) is 6.61 Å². The first-order valence-corrected chi connectivity index (χ1v) is 5.48. The molecule has 13 heavy (non-hydrogen) atoms. The third kappa shape index (κ3) is 3.51. The van der Waals surface area contributed by atoms with Crippen molar-refractivity contribution >= 4 is 0 Å². The Hall–Kier alpha value is -0.300. The lowest BCUT2D eigenvalue weighted by Crippen LogP contribution is -2.22. The van der Waals surface area contributed by atoms with E-state index in [1.807, 2.05) is 0 Å². The fourth-order valence-electron chi connectivity index (χ4n) is 2.22. The van der Waals surface area contributed by atoms with Crippen molar-refractivity contribution < 1.29 is 5.11 Å². The largest absolute Gasteiger partial charge is 0.396 e. The van der Waals surface area contributed by atoms with Crippen LogP contribution in [-0.4, -0.2) is 11.7 Å². The Balaban J connectivity index is 2.40. The van der Waals surface area contributed by atoms with Crippen LogP contribution in [-0.2, 0) is 0 Å². The minimum Gasteiger partial charge on any atom is -0.396 e. The van der Waals surface area contributed by atoms with E-state index in [9.17, 15) is 5.11 Å². The van der Waals surface area contributed by atoms with Gasteiger partial charge < -0.3 is 5.11 Å². The molecular weight excluding hydrogens is 160 g/mol. The predicted octanol–water partition coefficient (Wildman–Crippen LogP) is 3.14. The molecule has 1 rings (SSSR count). The first-order valence-electron chi connectivity index (χ1n) is 5.48. The lowest BCUT2D eigenvalue weighted by Gasteiger charge is -2.29. The highest BCUT2D eigenvalue weighted by atomic mass is 16.3. The van der Waals surface area contributed by atoms with Crippen molar-refractivity contribution in [3.63, 3.8) is 0 Å². The highest BCUT2D eigenvalue weighted by Gasteiger charge is 2.22. The molecule has 0 aromatic carbocycles. The zero-order valence-electron chi connectivity index (χ0n) is 8.92. The summed E-state index contributed by atoms with van der Waals surface area (Å²) in [5, 5.41) is 9.21. The molecule has 0 amide bonds. The molecule has 1 aliphatic carbocycles. The van der Waals surface area contributed by atoms with Crippen molar-refractivity contribution in [2.24, 2.45) is 11.8 Å². The maximum atomic E-state index is 9.21. The molecule has 0 radical (unpaired) electrons. The van der Waals surface area contributed by atoms with Crippen molar-refractivity contribution in [3.8, 4) is 0 Å². The highest BCUT2D eigenvalue weighted by molar-refractivity contribution is 4.95. The standard InChI is InChI=1S/C12H22O/c1-10(2)7-8-11-5-3-4-6-12(11)9-13/h7,11-13H,3-6,8-9H2,1-2H3. The Bertz CT molecular complexity index is 168. The maximum absolute atomic E-state index is 9.21. The van der Waals surface area contributed by atoms with E-state index in [2.05, 4.69) is 19.9 Å². The van der Waals surface area contributed by atoms with Gasteiger partial charge in [-0.15, -0.1) is 0 Å². The number of hydrogen-bond donors (Lipinski definition) is 1. The molecule has 0 aromatic rings. The number of rotatable bonds is 3. The van der Waals surface area contributed by atoms with Gasteiger partial charge in [0.25, 0.3) is 0 Å². The molecule has 0 aliphatic heterocycles. The minimum absolute atomic E-state index is 0.390. The Morgan fingerprint density at radius 1 is 1.23 bits per heavy atom. The SMILES string of the molecule is CC(C)=CCC1CCCCC1CO. The van der Waals surface area contributed by atoms with Gasteiger partial charge in [-0.25, -0.2) is 0 Å². The molecule has 1 aliphatic rings. The Morgan fingerprint density at radius 3 is 2.38 bits per heavy atom. The summed E-state index contributed by atoms with van der Waals surface area (Å²) in [6, 6.07) is 0. The zero-order chi connectivity index (χ0) is 9.68. The van der Waals surface area contributed by atoms with Gasteiger partial charge in [-0.2, -0.15) is 0 Å². The van der Waals surface area contributed by atoms with E-state index in [-0.39, 0.29) is 0 Å². The number of hydrogen-bond acceptors (Lipinski definition) is 1. The van der Waals surface area contributed by atoms with E-state index in [1.54, 1.807) is 0 Å². The topological polar surface area (TPSA) is 20.2 Å². The fraction of sp³-hybridized carbons (Fsp3) is 0.833. The molecule has 1 saturated carbocycles. The summed E-state index contributed by atoms with van der Waals surface area (Å²) in [4.78, 5) is 0. The van der Waals surface area contributed by atoms with Gasteiger partial charge in [0.1, 0.15) is 0 Å². The molecule has 76 valence electrons. The van der Waals surface area contributed by atoms with Crippen molar-refractivity contribution in [1.82, 2.24) is 0 Å². The lowest BCUT2D eigenvalue weighted by molar-refractivity contribution is 0.136. The van der Waals surface area contributed by atoms with Crippen LogP contribution in [0.2, 0.25) is 0 Å². The van der Waals surface area contributed by atoms with E-state index in [1.165, 1.54) is 37.7 Å². The summed E-state index contributed by atoms with van der Waals surface area (Å²) in [5.41, 5.74) is 1.40. The second-order valence-corrected chi connectivity index (χ2v) is 4.50. The second kappa shape index (κ2) is 5.43. The quantitative estimate of drug-likeness (QED) is 0.665. The number of aliphatic hydroxyl groups excluding tert-OH is 1. The Labute approximate surface area is 81.9 Å². The summed E-state index contributed by atoms with van der Waals surface area (Å²) in [7, 11) is 0. The molecular formula is C12H22O. The van der Waals surface area contributed by atoms with Crippen LogP contribution < -0.4 is 0 Å². The molecule has 2 atom stereocenters. The molecule has 1 nitrogen and oxygen atoms in total. The molecule has 1 N–H and O–H groups in total. The van der Waals surface area contributed by atoms with E-state index >= 15 is 0 Å². The number of aliphatic hydroxyl groups is 1. The van der Waals surface area contributed by atoms with E-state index < -0.39 is 0 Å². The van der Waals surface area contributed by atoms with Crippen LogP contribution in [0.5, 0.6) is 0 Å². The Morgan fingerprint density at radius 2 is 1.85 bits per heavy atom. The maximum Gasteiger partial charge on any atom is 0.0462 e. The third-order valence-electron chi connectivity index (χ3n) is 3.13. The summed E-state index contributed by atoms with van der Waals surface area (Å²) in [5.74, 6) is 1.32.